The molecule has 5 nitrogen and oxygen atoms in total. The summed E-state index contributed by atoms with van der Waals surface area (Å²) < 4.78 is 7.24. The zero-order valence-electron chi connectivity index (χ0n) is 16.9. The molecule has 3 aromatic carbocycles. The largest absolute Gasteiger partial charge is 0.497 e. The quantitative estimate of drug-likeness (QED) is 0.263. The summed E-state index contributed by atoms with van der Waals surface area (Å²) in [6.07, 6.45) is 0.609. The first-order valence-corrected chi connectivity index (χ1v) is 11.0. The molecule has 7 heteroatoms. The lowest BCUT2D eigenvalue weighted by atomic mass is 10.1. The number of aromatic nitrogens is 3. The van der Waals surface area contributed by atoms with Crippen molar-refractivity contribution in [3.63, 3.8) is 0 Å². The highest BCUT2D eigenvalue weighted by atomic mass is 35.5. The van der Waals surface area contributed by atoms with Gasteiger partial charge in [0.1, 0.15) is 11.6 Å². The normalized spacial score (nSPS) is 10.8. The fourth-order valence-corrected chi connectivity index (χ4v) is 4.11. The van der Waals surface area contributed by atoms with E-state index in [1.54, 1.807) is 31.4 Å². The molecular weight excluding hydrogens is 430 g/mol. The van der Waals surface area contributed by atoms with Crippen LogP contribution in [-0.4, -0.2) is 33.4 Å². The van der Waals surface area contributed by atoms with E-state index in [-0.39, 0.29) is 11.5 Å². The number of carbonyl (C=O) groups excluding carboxylic acids is 1. The summed E-state index contributed by atoms with van der Waals surface area (Å²) in [7, 11) is 1.65. The molecule has 0 radical (unpaired) electrons. The van der Waals surface area contributed by atoms with Gasteiger partial charge in [0.2, 0.25) is 0 Å². The number of para-hydroxylation sites is 1. The summed E-state index contributed by atoms with van der Waals surface area (Å²) in [6.45, 7) is 0. The summed E-state index contributed by atoms with van der Waals surface area (Å²) in [6, 6.07) is 24.7. The first kappa shape index (κ1) is 21.2. The third-order valence-corrected chi connectivity index (χ3v) is 5.92. The van der Waals surface area contributed by atoms with Gasteiger partial charge in [-0.25, -0.2) is 0 Å². The molecule has 0 amide bonds. The van der Waals surface area contributed by atoms with E-state index in [9.17, 15) is 4.79 Å². The van der Waals surface area contributed by atoms with E-state index in [2.05, 4.69) is 10.2 Å². The Kier molecular flexibility index (Phi) is 6.70. The number of Topliss-reactive ketones (excluding diaryl/α,β-unsaturated/α-hetero) is 1. The maximum Gasteiger partial charge on any atom is 0.196 e. The highest BCUT2D eigenvalue weighted by Crippen LogP contribution is 2.25. The van der Waals surface area contributed by atoms with E-state index >= 15 is 0 Å². The standard InChI is InChI=1S/C24H20ClN3O2S/c1-30-21-13-7-17(8-14-21)15-23-26-27-24(28(23)20-5-3-2-4-6-20)31-16-22(29)18-9-11-19(25)12-10-18/h2-14H,15-16H2,1H3. The van der Waals surface area contributed by atoms with Crippen LogP contribution in [0.5, 0.6) is 5.75 Å². The molecule has 0 unspecified atom stereocenters. The van der Waals surface area contributed by atoms with E-state index in [0.29, 0.717) is 22.2 Å². The van der Waals surface area contributed by atoms with Crippen molar-refractivity contribution in [3.8, 4) is 11.4 Å². The Hall–Kier alpha value is -3.09. The van der Waals surface area contributed by atoms with Crippen molar-refractivity contribution in [2.24, 2.45) is 0 Å². The lowest BCUT2D eigenvalue weighted by Crippen LogP contribution is -2.06. The van der Waals surface area contributed by atoms with Crippen LogP contribution in [-0.2, 0) is 6.42 Å². The molecule has 0 spiro atoms. The predicted octanol–water partition coefficient (Wildman–Crippen LogP) is 5.50. The Morgan fingerprint density at radius 2 is 1.68 bits per heavy atom. The molecule has 0 aliphatic rings. The zero-order valence-corrected chi connectivity index (χ0v) is 18.4. The molecule has 31 heavy (non-hydrogen) atoms. The summed E-state index contributed by atoms with van der Waals surface area (Å²) in [5, 5.41) is 10.1. The number of thioether (sulfide) groups is 1. The van der Waals surface area contributed by atoms with Crippen molar-refractivity contribution >= 4 is 29.1 Å². The Balaban J connectivity index is 1.58. The molecule has 156 valence electrons. The van der Waals surface area contributed by atoms with Gasteiger partial charge in [0.05, 0.1) is 12.9 Å². The minimum absolute atomic E-state index is 0.0148. The molecule has 0 fully saturated rings. The van der Waals surface area contributed by atoms with Crippen molar-refractivity contribution in [3.05, 3.63) is 101 Å². The van der Waals surface area contributed by atoms with Gasteiger partial charge in [-0.15, -0.1) is 10.2 Å². The third kappa shape index (κ3) is 5.16. The molecule has 0 N–H and O–H groups in total. The highest BCUT2D eigenvalue weighted by molar-refractivity contribution is 7.99. The topological polar surface area (TPSA) is 57.0 Å². The van der Waals surface area contributed by atoms with E-state index in [1.165, 1.54) is 11.8 Å². The number of carbonyl (C=O) groups is 1. The van der Waals surface area contributed by atoms with Crippen molar-refractivity contribution in [1.82, 2.24) is 14.8 Å². The molecule has 0 aliphatic heterocycles. The summed E-state index contributed by atoms with van der Waals surface area (Å²) in [5.41, 5.74) is 2.68. The summed E-state index contributed by atoms with van der Waals surface area (Å²) >= 11 is 7.29. The monoisotopic (exact) mass is 449 g/mol. The van der Waals surface area contributed by atoms with Crippen LogP contribution in [0.3, 0.4) is 0 Å². The Bertz CT molecular complexity index is 1160. The fraction of sp³-hybridized carbons (Fsp3) is 0.125. The molecule has 1 heterocycles. The van der Waals surface area contributed by atoms with Gasteiger partial charge in [-0.3, -0.25) is 9.36 Å². The van der Waals surface area contributed by atoms with Gasteiger partial charge in [-0.1, -0.05) is 53.7 Å². The molecule has 0 saturated heterocycles. The number of benzene rings is 3. The van der Waals surface area contributed by atoms with Crippen LogP contribution < -0.4 is 4.74 Å². The number of hydrogen-bond donors (Lipinski definition) is 0. The van der Waals surface area contributed by atoms with E-state index in [1.807, 2.05) is 59.2 Å². The third-order valence-electron chi connectivity index (χ3n) is 4.73. The van der Waals surface area contributed by atoms with E-state index < -0.39 is 0 Å². The number of ether oxygens (including phenoxy) is 1. The maximum atomic E-state index is 12.6. The lowest BCUT2D eigenvalue weighted by Gasteiger charge is -2.10. The van der Waals surface area contributed by atoms with Gasteiger partial charge in [0.15, 0.2) is 10.9 Å². The van der Waals surface area contributed by atoms with Crippen molar-refractivity contribution in [2.75, 3.05) is 12.9 Å². The Labute approximate surface area is 190 Å². The van der Waals surface area contributed by atoms with Crippen molar-refractivity contribution in [2.45, 2.75) is 11.6 Å². The predicted molar refractivity (Wildman–Crippen MR) is 124 cm³/mol. The fourth-order valence-electron chi connectivity index (χ4n) is 3.12. The van der Waals surface area contributed by atoms with E-state index in [4.69, 9.17) is 16.3 Å². The number of halogens is 1. The number of nitrogens with zero attached hydrogens (tertiary/aromatic N) is 3. The molecule has 4 aromatic rings. The van der Waals surface area contributed by atoms with Crippen LogP contribution in [0, 0.1) is 0 Å². The molecular formula is C24H20ClN3O2S. The van der Waals surface area contributed by atoms with Gasteiger partial charge < -0.3 is 4.74 Å². The van der Waals surface area contributed by atoms with Crippen LogP contribution in [0.2, 0.25) is 5.02 Å². The molecule has 0 atom stereocenters. The average Bonchev–Trinajstić information content (AvgIpc) is 3.21. The van der Waals surface area contributed by atoms with Crippen molar-refractivity contribution in [1.29, 1.82) is 0 Å². The Morgan fingerprint density at radius 3 is 2.35 bits per heavy atom. The zero-order chi connectivity index (χ0) is 21.6. The minimum atomic E-state index is 0.0148. The smallest absolute Gasteiger partial charge is 0.196 e. The SMILES string of the molecule is COc1ccc(Cc2nnc(SCC(=O)c3ccc(Cl)cc3)n2-c2ccccc2)cc1. The summed E-state index contributed by atoms with van der Waals surface area (Å²) in [5.74, 6) is 1.89. The average molecular weight is 450 g/mol. The molecule has 0 saturated carbocycles. The van der Waals surface area contributed by atoms with Gasteiger partial charge in [-0.05, 0) is 54.1 Å². The van der Waals surface area contributed by atoms with Crippen LogP contribution in [0.15, 0.2) is 84.0 Å². The van der Waals surface area contributed by atoms with Gasteiger partial charge in [-0.2, -0.15) is 0 Å². The second kappa shape index (κ2) is 9.81. The van der Waals surface area contributed by atoms with Crippen LogP contribution in [0.25, 0.3) is 5.69 Å². The number of methoxy groups -OCH3 is 1. The number of hydrogen-bond acceptors (Lipinski definition) is 5. The first-order valence-electron chi connectivity index (χ1n) is 9.68. The molecule has 1 aromatic heterocycles. The second-order valence-electron chi connectivity index (χ2n) is 6.81. The van der Waals surface area contributed by atoms with Crippen LogP contribution in [0.1, 0.15) is 21.7 Å². The van der Waals surface area contributed by atoms with Gasteiger partial charge >= 0.3 is 0 Å². The molecule has 0 aliphatic carbocycles. The van der Waals surface area contributed by atoms with Crippen LogP contribution in [0.4, 0.5) is 0 Å². The minimum Gasteiger partial charge on any atom is -0.497 e. The first-order chi connectivity index (χ1) is 15.1. The van der Waals surface area contributed by atoms with E-state index in [0.717, 1.165) is 22.8 Å². The second-order valence-corrected chi connectivity index (χ2v) is 8.19. The maximum absolute atomic E-state index is 12.6. The number of rotatable bonds is 8. The molecule has 4 rings (SSSR count). The van der Waals surface area contributed by atoms with Crippen LogP contribution >= 0.6 is 23.4 Å². The van der Waals surface area contributed by atoms with Gasteiger partial charge in [0.25, 0.3) is 0 Å². The Morgan fingerprint density at radius 1 is 0.968 bits per heavy atom. The molecule has 0 bridgehead atoms. The number of ketones is 1. The van der Waals surface area contributed by atoms with Crippen molar-refractivity contribution < 1.29 is 9.53 Å². The lowest BCUT2D eigenvalue weighted by molar-refractivity contribution is 0.102. The highest BCUT2D eigenvalue weighted by Gasteiger charge is 2.17. The summed E-state index contributed by atoms with van der Waals surface area (Å²) in [4.78, 5) is 12.6. The van der Waals surface area contributed by atoms with Gasteiger partial charge in [0, 0.05) is 22.7 Å².